The van der Waals surface area contributed by atoms with Crippen LogP contribution in [0.5, 0.6) is 0 Å². The molecule has 0 aliphatic carbocycles. The maximum atomic E-state index is 13.1. The number of carbonyl (C=O) groups is 2. The van der Waals surface area contributed by atoms with Gasteiger partial charge in [-0.15, -0.1) is 0 Å². The third kappa shape index (κ3) is 4.96. The summed E-state index contributed by atoms with van der Waals surface area (Å²) in [5.74, 6) is -1.53. The summed E-state index contributed by atoms with van der Waals surface area (Å²) in [5.41, 5.74) is 3.54. The number of hydrogen-bond donors (Lipinski definition) is 1. The zero-order chi connectivity index (χ0) is 25.9. The Hall–Kier alpha value is -4.49. The third-order valence-corrected chi connectivity index (χ3v) is 6.79. The number of aliphatic imine (C=N–C) groups is 1. The van der Waals surface area contributed by atoms with E-state index in [2.05, 4.69) is 5.32 Å². The summed E-state index contributed by atoms with van der Waals surface area (Å²) >= 11 is 0. The highest BCUT2D eigenvalue weighted by Crippen LogP contribution is 2.37. The van der Waals surface area contributed by atoms with Crippen molar-refractivity contribution in [3.8, 4) is 6.07 Å². The fourth-order valence-corrected chi connectivity index (χ4v) is 4.78. The molecule has 0 fully saturated rings. The molecule has 36 heavy (non-hydrogen) atoms. The summed E-state index contributed by atoms with van der Waals surface area (Å²) in [6, 6.07) is 22.3. The lowest BCUT2D eigenvalue weighted by Crippen LogP contribution is -2.30. The SMILES string of the molecule is COC(=O)c1ccc2c(c1)NC(=O)C2C(=Nc1ccc(N(CC#N)S(C)(=O)=O)cc1)c1ccccc1. The first-order chi connectivity index (χ1) is 17.2. The molecule has 1 unspecified atom stereocenters. The highest BCUT2D eigenvalue weighted by molar-refractivity contribution is 7.92. The number of fused-ring (bicyclic) bond motifs is 1. The summed E-state index contributed by atoms with van der Waals surface area (Å²) < 4.78 is 29.9. The lowest BCUT2D eigenvalue weighted by molar-refractivity contribution is -0.115. The van der Waals surface area contributed by atoms with Crippen molar-refractivity contribution in [2.75, 3.05) is 29.5 Å². The fourth-order valence-electron chi connectivity index (χ4n) is 3.98. The Morgan fingerprint density at radius 1 is 1.08 bits per heavy atom. The van der Waals surface area contributed by atoms with Gasteiger partial charge in [-0.05, 0) is 47.5 Å². The molecule has 1 N–H and O–H groups in total. The molecule has 1 heterocycles. The van der Waals surface area contributed by atoms with Crippen molar-refractivity contribution < 1.29 is 22.7 Å². The molecular formula is C26H22N4O5S. The third-order valence-electron chi connectivity index (χ3n) is 5.65. The average Bonchev–Trinajstić information content (AvgIpc) is 3.20. The van der Waals surface area contributed by atoms with E-state index in [-0.39, 0.29) is 12.5 Å². The molecule has 0 spiro atoms. The van der Waals surface area contributed by atoms with Crippen LogP contribution < -0.4 is 9.62 Å². The zero-order valence-corrected chi connectivity index (χ0v) is 20.3. The van der Waals surface area contributed by atoms with Gasteiger partial charge in [0.05, 0.1) is 42.1 Å². The van der Waals surface area contributed by atoms with E-state index in [1.165, 1.54) is 7.11 Å². The largest absolute Gasteiger partial charge is 0.465 e. The number of rotatable bonds is 7. The molecule has 10 heteroatoms. The summed E-state index contributed by atoms with van der Waals surface area (Å²) in [5, 5.41) is 11.8. The van der Waals surface area contributed by atoms with Crippen molar-refractivity contribution >= 4 is 44.7 Å². The van der Waals surface area contributed by atoms with E-state index in [1.807, 2.05) is 36.4 Å². The smallest absolute Gasteiger partial charge is 0.337 e. The molecule has 4 rings (SSSR count). The Kier molecular flexibility index (Phi) is 6.85. The maximum Gasteiger partial charge on any atom is 0.337 e. The van der Waals surface area contributed by atoms with E-state index in [0.717, 1.165) is 16.1 Å². The molecule has 3 aromatic carbocycles. The van der Waals surface area contributed by atoms with Crippen LogP contribution in [0.3, 0.4) is 0 Å². The number of methoxy groups -OCH3 is 1. The van der Waals surface area contributed by atoms with Gasteiger partial charge in [-0.1, -0.05) is 36.4 Å². The molecule has 0 bridgehead atoms. The summed E-state index contributed by atoms with van der Waals surface area (Å²) in [7, 11) is -2.35. The Bertz CT molecular complexity index is 1490. The Labute approximate surface area is 208 Å². The molecule has 0 aromatic heterocycles. The van der Waals surface area contributed by atoms with Crippen molar-refractivity contribution in [2.24, 2.45) is 4.99 Å². The van der Waals surface area contributed by atoms with Crippen LogP contribution in [0.4, 0.5) is 17.1 Å². The van der Waals surface area contributed by atoms with Crippen LogP contribution >= 0.6 is 0 Å². The first-order valence-corrected chi connectivity index (χ1v) is 12.7. The van der Waals surface area contributed by atoms with Crippen LogP contribution in [0.15, 0.2) is 77.8 Å². The predicted octanol–water partition coefficient (Wildman–Crippen LogP) is 3.62. The van der Waals surface area contributed by atoms with Crippen LogP contribution in [-0.4, -0.2) is 45.9 Å². The highest BCUT2D eigenvalue weighted by atomic mass is 32.2. The molecule has 1 aliphatic rings. The molecule has 9 nitrogen and oxygen atoms in total. The number of benzene rings is 3. The quantitative estimate of drug-likeness (QED) is 0.298. The normalized spacial score (nSPS) is 15.0. The molecule has 1 amide bonds. The molecular weight excluding hydrogens is 480 g/mol. The number of nitrogens with zero attached hydrogens (tertiary/aromatic N) is 3. The lowest BCUT2D eigenvalue weighted by Gasteiger charge is -2.19. The zero-order valence-electron chi connectivity index (χ0n) is 19.5. The topological polar surface area (TPSA) is 129 Å². The number of ether oxygens (including phenoxy) is 1. The first kappa shape index (κ1) is 24.6. The van der Waals surface area contributed by atoms with Gasteiger partial charge in [-0.2, -0.15) is 5.26 Å². The molecule has 1 atom stereocenters. The number of carbonyl (C=O) groups excluding carboxylic acids is 2. The van der Waals surface area contributed by atoms with Gasteiger partial charge in [0.1, 0.15) is 12.5 Å². The van der Waals surface area contributed by atoms with Crippen molar-refractivity contribution in [2.45, 2.75) is 5.92 Å². The van der Waals surface area contributed by atoms with Gasteiger partial charge in [-0.25, -0.2) is 13.2 Å². The van der Waals surface area contributed by atoms with E-state index in [9.17, 15) is 18.0 Å². The number of nitriles is 1. The van der Waals surface area contributed by atoms with Gasteiger partial charge in [0.2, 0.25) is 15.9 Å². The Morgan fingerprint density at radius 3 is 2.39 bits per heavy atom. The van der Waals surface area contributed by atoms with Crippen molar-refractivity contribution in [3.63, 3.8) is 0 Å². The van der Waals surface area contributed by atoms with Crippen molar-refractivity contribution in [1.82, 2.24) is 0 Å². The number of sulfonamides is 1. The van der Waals surface area contributed by atoms with E-state index in [0.29, 0.717) is 33.9 Å². The summed E-state index contributed by atoms with van der Waals surface area (Å²) in [6.45, 7) is -0.316. The Balaban J connectivity index is 1.78. The standard InChI is InChI=1S/C26H22N4O5S/c1-35-26(32)18-8-13-21-22(16-18)29-25(31)23(21)24(17-6-4-3-5-7-17)28-19-9-11-20(12-10-19)30(15-14-27)36(2,33)34/h3-13,16,23H,15H2,1-2H3,(H,29,31). The second kappa shape index (κ2) is 10.0. The number of amides is 1. The minimum absolute atomic E-state index is 0.288. The second-order valence-electron chi connectivity index (χ2n) is 8.02. The van der Waals surface area contributed by atoms with Gasteiger partial charge in [0.15, 0.2) is 0 Å². The average molecular weight is 503 g/mol. The van der Waals surface area contributed by atoms with Gasteiger partial charge in [0.25, 0.3) is 0 Å². The van der Waals surface area contributed by atoms with E-state index in [1.54, 1.807) is 42.5 Å². The van der Waals surface area contributed by atoms with Crippen LogP contribution in [0.25, 0.3) is 0 Å². The fraction of sp³-hybridized carbons (Fsp3) is 0.154. The van der Waals surface area contributed by atoms with Crippen LogP contribution in [-0.2, 0) is 19.6 Å². The van der Waals surface area contributed by atoms with Crippen LogP contribution in [0.1, 0.15) is 27.4 Å². The number of anilines is 2. The second-order valence-corrected chi connectivity index (χ2v) is 9.93. The number of nitrogens with one attached hydrogen (secondary N) is 1. The molecule has 0 radical (unpaired) electrons. The van der Waals surface area contributed by atoms with E-state index >= 15 is 0 Å². The number of hydrogen-bond acceptors (Lipinski definition) is 7. The van der Waals surface area contributed by atoms with Gasteiger partial charge in [-0.3, -0.25) is 14.1 Å². The molecule has 0 saturated heterocycles. The minimum atomic E-state index is -3.64. The van der Waals surface area contributed by atoms with E-state index in [4.69, 9.17) is 15.0 Å². The van der Waals surface area contributed by atoms with Crippen molar-refractivity contribution in [1.29, 1.82) is 5.26 Å². The van der Waals surface area contributed by atoms with Crippen molar-refractivity contribution in [3.05, 3.63) is 89.5 Å². The lowest BCUT2D eigenvalue weighted by atomic mass is 9.90. The van der Waals surface area contributed by atoms with Crippen LogP contribution in [0, 0.1) is 11.3 Å². The molecule has 1 aliphatic heterocycles. The molecule has 0 saturated carbocycles. The van der Waals surface area contributed by atoms with Gasteiger partial charge >= 0.3 is 5.97 Å². The van der Waals surface area contributed by atoms with E-state index < -0.39 is 21.9 Å². The minimum Gasteiger partial charge on any atom is -0.465 e. The van der Waals surface area contributed by atoms with Crippen LogP contribution in [0.2, 0.25) is 0 Å². The molecule has 182 valence electrons. The first-order valence-electron chi connectivity index (χ1n) is 10.8. The summed E-state index contributed by atoms with van der Waals surface area (Å²) in [4.78, 5) is 29.8. The highest BCUT2D eigenvalue weighted by Gasteiger charge is 2.36. The number of esters is 1. The maximum absolute atomic E-state index is 13.1. The summed E-state index contributed by atoms with van der Waals surface area (Å²) in [6.07, 6.45) is 1.03. The monoisotopic (exact) mass is 502 g/mol. The predicted molar refractivity (Wildman–Crippen MR) is 136 cm³/mol. The van der Waals surface area contributed by atoms with Gasteiger partial charge < -0.3 is 10.1 Å². The molecule has 3 aromatic rings. The van der Waals surface area contributed by atoms with Gasteiger partial charge in [0, 0.05) is 5.69 Å². The Morgan fingerprint density at radius 2 is 1.78 bits per heavy atom.